The summed E-state index contributed by atoms with van der Waals surface area (Å²) in [6.07, 6.45) is 0.741. The molecular formula is C13H21N3O3S. The molecule has 0 bridgehead atoms. The maximum atomic E-state index is 12.1. The summed E-state index contributed by atoms with van der Waals surface area (Å²) < 4.78 is 0. The molecule has 0 aliphatic heterocycles. The second kappa shape index (κ2) is 7.35. The van der Waals surface area contributed by atoms with Gasteiger partial charge in [-0.3, -0.25) is 14.9 Å². The molecule has 112 valence electrons. The van der Waals surface area contributed by atoms with Crippen molar-refractivity contribution in [3.05, 3.63) is 27.1 Å². The van der Waals surface area contributed by atoms with Crippen molar-refractivity contribution in [3.8, 4) is 0 Å². The fraction of sp³-hybridized carbons (Fsp3) is 0.615. The average molecular weight is 299 g/mol. The van der Waals surface area contributed by atoms with E-state index >= 15 is 0 Å². The molecule has 1 N–H and O–H groups in total. The minimum absolute atomic E-state index is 0.0322. The zero-order valence-corrected chi connectivity index (χ0v) is 13.1. The lowest BCUT2D eigenvalue weighted by Gasteiger charge is -2.23. The maximum absolute atomic E-state index is 12.1. The molecule has 1 amide bonds. The van der Waals surface area contributed by atoms with Crippen molar-refractivity contribution in [2.45, 2.75) is 32.9 Å². The van der Waals surface area contributed by atoms with Crippen LogP contribution in [-0.4, -0.2) is 35.9 Å². The maximum Gasteiger partial charge on any atom is 0.324 e. The van der Waals surface area contributed by atoms with Gasteiger partial charge in [0.2, 0.25) is 5.91 Å². The van der Waals surface area contributed by atoms with Crippen molar-refractivity contribution in [3.63, 3.8) is 0 Å². The number of amides is 1. The van der Waals surface area contributed by atoms with Gasteiger partial charge in [-0.05, 0) is 18.4 Å². The molecule has 1 unspecified atom stereocenters. The van der Waals surface area contributed by atoms with Crippen molar-refractivity contribution in [2.24, 2.45) is 5.92 Å². The summed E-state index contributed by atoms with van der Waals surface area (Å²) in [6, 6.07) is 2.96. The van der Waals surface area contributed by atoms with Gasteiger partial charge in [0.25, 0.3) is 0 Å². The molecule has 1 aromatic heterocycles. The third-order valence-electron chi connectivity index (χ3n) is 2.80. The highest BCUT2D eigenvalue weighted by atomic mass is 32.1. The van der Waals surface area contributed by atoms with Crippen LogP contribution in [0.4, 0.5) is 5.00 Å². The van der Waals surface area contributed by atoms with E-state index in [0.717, 1.165) is 22.6 Å². The second-order valence-corrected chi connectivity index (χ2v) is 6.44. The first-order valence-electron chi connectivity index (χ1n) is 6.49. The summed E-state index contributed by atoms with van der Waals surface area (Å²) in [6.45, 7) is 4.59. The van der Waals surface area contributed by atoms with Gasteiger partial charge in [0, 0.05) is 31.6 Å². The third kappa shape index (κ3) is 4.90. The summed E-state index contributed by atoms with van der Waals surface area (Å²) in [5.74, 6) is 0.429. The Labute approximate surface area is 122 Å². The predicted molar refractivity (Wildman–Crippen MR) is 79.8 cm³/mol. The number of hydrogen-bond acceptors (Lipinski definition) is 5. The van der Waals surface area contributed by atoms with Crippen LogP contribution < -0.4 is 5.32 Å². The Morgan fingerprint density at radius 1 is 1.45 bits per heavy atom. The zero-order chi connectivity index (χ0) is 15.3. The number of hydrogen-bond donors (Lipinski definition) is 1. The lowest BCUT2D eigenvalue weighted by atomic mass is 10.0. The highest BCUT2D eigenvalue weighted by molar-refractivity contribution is 7.15. The van der Waals surface area contributed by atoms with Gasteiger partial charge in [0.15, 0.2) is 0 Å². The molecule has 7 heteroatoms. The number of carbonyl (C=O) groups excluding carboxylic acids is 1. The molecule has 0 saturated heterocycles. The largest absolute Gasteiger partial charge is 0.347 e. The number of thiophene rings is 1. The van der Waals surface area contributed by atoms with Gasteiger partial charge in [0.05, 0.1) is 11.0 Å². The minimum Gasteiger partial charge on any atom is -0.347 e. The molecule has 0 fully saturated rings. The van der Waals surface area contributed by atoms with E-state index in [4.69, 9.17) is 0 Å². The van der Waals surface area contributed by atoms with Crippen molar-refractivity contribution < 1.29 is 9.72 Å². The van der Waals surface area contributed by atoms with Crippen molar-refractivity contribution in [1.29, 1.82) is 0 Å². The van der Waals surface area contributed by atoms with E-state index in [1.54, 1.807) is 25.1 Å². The lowest BCUT2D eigenvalue weighted by Crippen LogP contribution is -2.44. The first kappa shape index (κ1) is 16.6. The molecule has 1 aromatic rings. The van der Waals surface area contributed by atoms with Gasteiger partial charge >= 0.3 is 5.00 Å². The Kier molecular flexibility index (Phi) is 6.09. The van der Waals surface area contributed by atoms with Gasteiger partial charge < -0.3 is 10.2 Å². The fourth-order valence-electron chi connectivity index (χ4n) is 1.84. The molecular weight excluding hydrogens is 278 g/mol. The Hall–Kier alpha value is -1.47. The molecule has 6 nitrogen and oxygen atoms in total. The van der Waals surface area contributed by atoms with E-state index in [1.807, 2.05) is 0 Å². The van der Waals surface area contributed by atoms with Crippen LogP contribution in [0.5, 0.6) is 0 Å². The lowest BCUT2D eigenvalue weighted by molar-refractivity contribution is -0.380. The SMILES string of the molecule is CC(C)CC(NCc1ccc([N+](=O)[O-])s1)C(=O)N(C)C. The fourth-order valence-corrected chi connectivity index (χ4v) is 2.61. The normalized spacial score (nSPS) is 12.4. The smallest absolute Gasteiger partial charge is 0.324 e. The number of nitro groups is 1. The summed E-state index contributed by atoms with van der Waals surface area (Å²) in [5, 5.41) is 14.0. The van der Waals surface area contributed by atoms with Gasteiger partial charge in [-0.15, -0.1) is 0 Å². The van der Waals surface area contributed by atoms with Crippen LogP contribution in [-0.2, 0) is 11.3 Å². The topological polar surface area (TPSA) is 75.5 Å². The van der Waals surface area contributed by atoms with Crippen LogP contribution in [0.3, 0.4) is 0 Å². The minimum atomic E-state index is -0.398. The van der Waals surface area contributed by atoms with Crippen LogP contribution in [0.15, 0.2) is 12.1 Å². The Bertz CT molecular complexity index is 471. The van der Waals surface area contributed by atoms with Gasteiger partial charge in [-0.1, -0.05) is 25.2 Å². The number of nitrogens with one attached hydrogen (secondary N) is 1. The number of rotatable bonds is 7. The standard InChI is InChI=1S/C13H21N3O3S/c1-9(2)7-11(13(17)15(3)4)14-8-10-5-6-12(20-10)16(18)19/h5-6,9,11,14H,7-8H2,1-4H3. The van der Waals surface area contributed by atoms with Gasteiger partial charge in [-0.25, -0.2) is 0 Å². The van der Waals surface area contributed by atoms with E-state index in [2.05, 4.69) is 19.2 Å². The molecule has 20 heavy (non-hydrogen) atoms. The Balaban J connectivity index is 2.65. The van der Waals surface area contributed by atoms with Crippen molar-refractivity contribution in [1.82, 2.24) is 10.2 Å². The van der Waals surface area contributed by atoms with E-state index in [-0.39, 0.29) is 17.0 Å². The van der Waals surface area contributed by atoms with Crippen LogP contribution in [0, 0.1) is 16.0 Å². The second-order valence-electron chi connectivity index (χ2n) is 5.29. The Morgan fingerprint density at radius 2 is 2.10 bits per heavy atom. The highest BCUT2D eigenvalue weighted by Gasteiger charge is 2.21. The molecule has 0 aliphatic rings. The Morgan fingerprint density at radius 3 is 2.55 bits per heavy atom. The molecule has 1 rings (SSSR count). The number of carbonyl (C=O) groups is 1. The van der Waals surface area contributed by atoms with E-state index in [1.165, 1.54) is 6.07 Å². The van der Waals surface area contributed by atoms with E-state index in [0.29, 0.717) is 12.5 Å². The zero-order valence-electron chi connectivity index (χ0n) is 12.3. The number of likely N-dealkylation sites (N-methyl/N-ethyl adjacent to an activating group) is 1. The summed E-state index contributed by atoms with van der Waals surface area (Å²) in [7, 11) is 3.46. The molecule has 0 aromatic carbocycles. The molecule has 0 spiro atoms. The molecule has 0 saturated carbocycles. The number of nitrogens with zero attached hydrogens (tertiary/aromatic N) is 2. The first-order valence-corrected chi connectivity index (χ1v) is 7.30. The van der Waals surface area contributed by atoms with Crippen molar-refractivity contribution in [2.75, 3.05) is 14.1 Å². The van der Waals surface area contributed by atoms with Crippen molar-refractivity contribution >= 4 is 22.2 Å². The molecule has 0 radical (unpaired) electrons. The molecule has 1 heterocycles. The van der Waals surface area contributed by atoms with E-state index < -0.39 is 4.92 Å². The molecule has 0 aliphatic carbocycles. The highest BCUT2D eigenvalue weighted by Crippen LogP contribution is 2.24. The monoisotopic (exact) mass is 299 g/mol. The predicted octanol–water partition coefficient (Wildman–Crippen LogP) is 2.25. The van der Waals surface area contributed by atoms with E-state index in [9.17, 15) is 14.9 Å². The average Bonchev–Trinajstić information content (AvgIpc) is 2.81. The van der Waals surface area contributed by atoms with Crippen LogP contribution in [0.1, 0.15) is 25.1 Å². The quantitative estimate of drug-likeness (QED) is 0.619. The van der Waals surface area contributed by atoms with Crippen LogP contribution in [0.2, 0.25) is 0 Å². The molecule has 1 atom stereocenters. The van der Waals surface area contributed by atoms with Crippen LogP contribution >= 0.6 is 11.3 Å². The summed E-state index contributed by atoms with van der Waals surface area (Å²) in [5.41, 5.74) is 0. The summed E-state index contributed by atoms with van der Waals surface area (Å²) in [4.78, 5) is 24.7. The van der Waals surface area contributed by atoms with Gasteiger partial charge in [-0.2, -0.15) is 0 Å². The third-order valence-corrected chi connectivity index (χ3v) is 3.83. The van der Waals surface area contributed by atoms with Crippen LogP contribution in [0.25, 0.3) is 0 Å². The first-order chi connectivity index (χ1) is 9.31. The summed E-state index contributed by atoms with van der Waals surface area (Å²) >= 11 is 1.14. The van der Waals surface area contributed by atoms with Gasteiger partial charge in [0.1, 0.15) is 0 Å².